The lowest BCUT2D eigenvalue weighted by molar-refractivity contribution is -0.125. The summed E-state index contributed by atoms with van der Waals surface area (Å²) in [6.07, 6.45) is 2.41. The van der Waals surface area contributed by atoms with Gasteiger partial charge in [-0.25, -0.2) is 0 Å². The summed E-state index contributed by atoms with van der Waals surface area (Å²) >= 11 is 5.94. The van der Waals surface area contributed by atoms with Gasteiger partial charge in [0, 0.05) is 17.6 Å². The number of nitrogens with one attached hydrogen (secondary N) is 1. The molecule has 1 heterocycles. The quantitative estimate of drug-likeness (QED) is 0.789. The number of likely N-dealkylation sites (tertiary alicyclic amines) is 1. The largest absolute Gasteiger partial charge is 0.490 e. The molecule has 2 unspecified atom stereocenters. The number of nitrogens with zero attached hydrogens (tertiary/aromatic N) is 1. The zero-order valence-corrected chi connectivity index (χ0v) is 15.2. The number of β-amino-alcohol motifs (C(OH)–C–C–N with tert-alkyl or cyclic N) is 1. The van der Waals surface area contributed by atoms with E-state index in [1.807, 2.05) is 30.9 Å². The van der Waals surface area contributed by atoms with Gasteiger partial charge in [0.25, 0.3) is 0 Å². The van der Waals surface area contributed by atoms with Crippen LogP contribution in [0.2, 0.25) is 5.02 Å². The fraction of sp³-hybridized carbons (Fsp3) is 0.611. The molecule has 2 N–H and O–H groups in total. The van der Waals surface area contributed by atoms with E-state index in [0.717, 1.165) is 19.4 Å². The van der Waals surface area contributed by atoms with Crippen molar-refractivity contribution < 1.29 is 14.6 Å². The summed E-state index contributed by atoms with van der Waals surface area (Å²) in [6, 6.07) is 7.31. The van der Waals surface area contributed by atoms with Crippen LogP contribution in [0.3, 0.4) is 0 Å². The van der Waals surface area contributed by atoms with Crippen molar-refractivity contribution in [3.05, 3.63) is 29.3 Å². The molecule has 5 nitrogen and oxygen atoms in total. The summed E-state index contributed by atoms with van der Waals surface area (Å²) in [6.45, 7) is 5.77. The Kier molecular flexibility index (Phi) is 6.90. The van der Waals surface area contributed by atoms with E-state index >= 15 is 0 Å². The Bertz CT molecular complexity index is 555. The minimum absolute atomic E-state index is 0.00404. The zero-order valence-electron chi connectivity index (χ0n) is 14.4. The number of aliphatic hydroxyl groups is 1. The van der Waals surface area contributed by atoms with Crippen LogP contribution in [0.1, 0.15) is 33.1 Å². The van der Waals surface area contributed by atoms with Crippen molar-refractivity contribution in [3.63, 3.8) is 0 Å². The first-order chi connectivity index (χ1) is 11.4. The second-order valence-corrected chi connectivity index (χ2v) is 7.10. The fourth-order valence-corrected chi connectivity index (χ4v) is 3.04. The number of hydrogen-bond acceptors (Lipinski definition) is 4. The number of benzene rings is 1. The molecule has 1 saturated heterocycles. The lowest BCUT2D eigenvalue weighted by Crippen LogP contribution is -2.54. The molecular formula is C18H27ClN2O3. The van der Waals surface area contributed by atoms with Gasteiger partial charge >= 0.3 is 0 Å². The predicted octanol–water partition coefficient (Wildman–Crippen LogP) is 2.46. The molecule has 134 valence electrons. The molecule has 0 spiro atoms. The molecule has 1 fully saturated rings. The predicted molar refractivity (Wildman–Crippen MR) is 95.5 cm³/mol. The average Bonchev–Trinajstić information content (AvgIpc) is 2.53. The lowest BCUT2D eigenvalue weighted by Gasteiger charge is -2.38. The third kappa shape index (κ3) is 5.96. The zero-order chi connectivity index (χ0) is 17.6. The summed E-state index contributed by atoms with van der Waals surface area (Å²) < 4.78 is 5.70. The van der Waals surface area contributed by atoms with Crippen LogP contribution in [0.15, 0.2) is 24.3 Å². The number of halogens is 1. The molecule has 0 aliphatic carbocycles. The fourth-order valence-electron chi connectivity index (χ4n) is 2.86. The van der Waals surface area contributed by atoms with Gasteiger partial charge in [-0.2, -0.15) is 0 Å². The molecule has 2 atom stereocenters. The number of carbonyl (C=O) groups is 1. The van der Waals surface area contributed by atoms with Crippen LogP contribution in [0, 0.1) is 0 Å². The van der Waals surface area contributed by atoms with Crippen molar-refractivity contribution in [1.82, 2.24) is 10.2 Å². The molecule has 1 aromatic rings. The van der Waals surface area contributed by atoms with Crippen molar-refractivity contribution in [2.45, 2.75) is 44.8 Å². The Morgan fingerprint density at radius 2 is 2.33 bits per heavy atom. The monoisotopic (exact) mass is 354 g/mol. The summed E-state index contributed by atoms with van der Waals surface area (Å²) in [5, 5.41) is 14.3. The van der Waals surface area contributed by atoms with E-state index < -0.39 is 5.60 Å². The van der Waals surface area contributed by atoms with Crippen LogP contribution < -0.4 is 10.1 Å². The smallest absolute Gasteiger partial charge is 0.234 e. The summed E-state index contributed by atoms with van der Waals surface area (Å²) in [7, 11) is 0. The molecule has 1 amide bonds. The van der Waals surface area contributed by atoms with E-state index in [2.05, 4.69) is 5.32 Å². The normalized spacial score (nSPS) is 22.8. The van der Waals surface area contributed by atoms with E-state index in [1.165, 1.54) is 0 Å². The van der Waals surface area contributed by atoms with Crippen molar-refractivity contribution >= 4 is 17.5 Å². The third-order valence-corrected chi connectivity index (χ3v) is 4.56. The molecule has 1 aromatic carbocycles. The summed E-state index contributed by atoms with van der Waals surface area (Å²) in [4.78, 5) is 14.0. The number of ether oxygens (including phenoxy) is 1. The van der Waals surface area contributed by atoms with E-state index in [1.54, 1.807) is 12.1 Å². The molecule has 0 saturated carbocycles. The first-order valence-corrected chi connectivity index (χ1v) is 8.90. The Labute approximate surface area is 148 Å². The highest BCUT2D eigenvalue weighted by Gasteiger charge is 2.34. The maximum Gasteiger partial charge on any atom is 0.234 e. The molecule has 1 aliphatic rings. The SMILES string of the molecule is CCC(C)NC(=O)CN1CCCC(O)(COc2cccc(Cl)c2)C1. The highest BCUT2D eigenvalue weighted by Crippen LogP contribution is 2.24. The Morgan fingerprint density at radius 3 is 3.04 bits per heavy atom. The van der Waals surface area contributed by atoms with Crippen LogP contribution >= 0.6 is 11.6 Å². The van der Waals surface area contributed by atoms with Gasteiger partial charge < -0.3 is 15.2 Å². The molecular weight excluding hydrogens is 328 g/mol. The molecule has 0 radical (unpaired) electrons. The number of rotatable bonds is 7. The Morgan fingerprint density at radius 1 is 1.54 bits per heavy atom. The molecule has 24 heavy (non-hydrogen) atoms. The number of amides is 1. The topological polar surface area (TPSA) is 61.8 Å². The highest BCUT2D eigenvalue weighted by molar-refractivity contribution is 6.30. The summed E-state index contributed by atoms with van der Waals surface area (Å²) in [5.74, 6) is 0.645. The molecule has 6 heteroatoms. The molecule has 0 aromatic heterocycles. The van der Waals surface area contributed by atoms with E-state index in [-0.39, 0.29) is 18.6 Å². The highest BCUT2D eigenvalue weighted by atomic mass is 35.5. The lowest BCUT2D eigenvalue weighted by atomic mass is 9.93. The van der Waals surface area contributed by atoms with Gasteiger partial charge in [0.2, 0.25) is 5.91 Å². The van der Waals surface area contributed by atoms with Gasteiger partial charge in [-0.3, -0.25) is 9.69 Å². The van der Waals surface area contributed by atoms with E-state index in [9.17, 15) is 9.90 Å². The first kappa shape index (κ1) is 19.0. The molecule has 0 bridgehead atoms. The average molecular weight is 355 g/mol. The molecule has 1 aliphatic heterocycles. The van der Waals surface area contributed by atoms with Crippen LogP contribution in [0.25, 0.3) is 0 Å². The van der Waals surface area contributed by atoms with Crippen LogP contribution in [0.4, 0.5) is 0 Å². The van der Waals surface area contributed by atoms with Gasteiger partial charge in [-0.05, 0) is 50.9 Å². The van der Waals surface area contributed by atoms with Crippen molar-refractivity contribution in [1.29, 1.82) is 0 Å². The first-order valence-electron chi connectivity index (χ1n) is 8.53. The minimum Gasteiger partial charge on any atom is -0.490 e. The van der Waals surface area contributed by atoms with Crippen LogP contribution in [-0.4, -0.2) is 53.8 Å². The number of hydrogen-bond donors (Lipinski definition) is 2. The van der Waals surface area contributed by atoms with Crippen molar-refractivity contribution in [2.75, 3.05) is 26.2 Å². The Hall–Kier alpha value is -1.30. The van der Waals surface area contributed by atoms with Gasteiger partial charge in [-0.1, -0.05) is 24.6 Å². The minimum atomic E-state index is -0.947. The second kappa shape index (κ2) is 8.70. The number of piperidine rings is 1. The van der Waals surface area contributed by atoms with Gasteiger partial charge in [0.15, 0.2) is 0 Å². The number of carbonyl (C=O) groups excluding carboxylic acids is 1. The maximum atomic E-state index is 12.0. The Balaban J connectivity index is 1.85. The van der Waals surface area contributed by atoms with Crippen molar-refractivity contribution in [2.24, 2.45) is 0 Å². The maximum absolute atomic E-state index is 12.0. The third-order valence-electron chi connectivity index (χ3n) is 4.32. The van der Waals surface area contributed by atoms with Gasteiger partial charge in [0.1, 0.15) is 18.0 Å². The van der Waals surface area contributed by atoms with Gasteiger partial charge in [-0.15, -0.1) is 0 Å². The molecule has 2 rings (SSSR count). The second-order valence-electron chi connectivity index (χ2n) is 6.66. The van der Waals surface area contributed by atoms with Crippen molar-refractivity contribution in [3.8, 4) is 5.75 Å². The van der Waals surface area contributed by atoms with Crippen LogP contribution in [-0.2, 0) is 4.79 Å². The van der Waals surface area contributed by atoms with Crippen LogP contribution in [0.5, 0.6) is 5.75 Å². The van der Waals surface area contributed by atoms with Gasteiger partial charge in [0.05, 0.1) is 6.54 Å². The standard InChI is InChI=1S/C18H27ClN2O3/c1-3-14(2)20-17(22)11-21-9-5-8-18(23,12-21)13-24-16-7-4-6-15(19)10-16/h4,6-7,10,14,23H,3,5,8-9,11-13H2,1-2H3,(H,20,22). The summed E-state index contributed by atoms with van der Waals surface area (Å²) in [5.41, 5.74) is -0.947. The van der Waals surface area contributed by atoms with E-state index in [0.29, 0.717) is 30.3 Å². The van der Waals surface area contributed by atoms with E-state index in [4.69, 9.17) is 16.3 Å².